The molecule has 0 radical (unpaired) electrons. The van der Waals surface area contributed by atoms with Crippen molar-refractivity contribution in [3.63, 3.8) is 0 Å². The molecular formula is C12H15N3OS. The van der Waals surface area contributed by atoms with Crippen LogP contribution in [0.3, 0.4) is 0 Å². The zero-order valence-corrected chi connectivity index (χ0v) is 10.3. The average molecular weight is 249 g/mol. The van der Waals surface area contributed by atoms with E-state index in [1.165, 1.54) is 24.1 Å². The lowest BCUT2D eigenvalue weighted by atomic mass is 10.1. The van der Waals surface area contributed by atoms with E-state index in [2.05, 4.69) is 33.0 Å². The summed E-state index contributed by atoms with van der Waals surface area (Å²) in [7, 11) is 0. The molecule has 0 bridgehead atoms. The Labute approximate surface area is 104 Å². The zero-order chi connectivity index (χ0) is 11.5. The van der Waals surface area contributed by atoms with Gasteiger partial charge in [0, 0.05) is 23.9 Å². The molecule has 0 aromatic carbocycles. The first-order valence-corrected chi connectivity index (χ1v) is 6.83. The first-order valence-electron chi connectivity index (χ1n) is 5.95. The van der Waals surface area contributed by atoms with Gasteiger partial charge in [0.15, 0.2) is 5.82 Å². The molecule has 0 amide bonds. The summed E-state index contributed by atoms with van der Waals surface area (Å²) in [6, 6.07) is 4.85. The number of nitrogens with zero attached hydrogens (tertiary/aromatic N) is 2. The topological polar surface area (TPSA) is 51.0 Å². The summed E-state index contributed by atoms with van der Waals surface area (Å²) in [6.45, 7) is 0.901. The highest BCUT2D eigenvalue weighted by Gasteiger charge is 2.32. The predicted octanol–water partition coefficient (Wildman–Crippen LogP) is 2.41. The molecule has 3 rings (SSSR count). The maximum absolute atomic E-state index is 4.72. The summed E-state index contributed by atoms with van der Waals surface area (Å²) in [5.74, 6) is 1.59. The van der Waals surface area contributed by atoms with Gasteiger partial charge in [-0.05, 0) is 30.2 Å². The van der Waals surface area contributed by atoms with Crippen LogP contribution in [0.1, 0.15) is 29.6 Å². The second kappa shape index (κ2) is 4.98. The molecule has 2 heterocycles. The Hall–Kier alpha value is -1.20. The third-order valence-corrected chi connectivity index (χ3v) is 4.02. The Kier molecular flexibility index (Phi) is 3.20. The van der Waals surface area contributed by atoms with Crippen molar-refractivity contribution in [1.29, 1.82) is 0 Å². The highest BCUT2D eigenvalue weighted by Crippen LogP contribution is 2.42. The summed E-state index contributed by atoms with van der Waals surface area (Å²) in [4.78, 5) is 5.47. The van der Waals surface area contributed by atoms with Gasteiger partial charge in [0.05, 0.1) is 0 Å². The molecule has 0 saturated heterocycles. The van der Waals surface area contributed by atoms with E-state index < -0.39 is 0 Å². The normalized spacial score (nSPS) is 17.2. The SMILES string of the molecule is c1csc(C(NCCc2ncon2)C2CC2)c1. The van der Waals surface area contributed by atoms with Crippen LogP contribution in [0.25, 0.3) is 0 Å². The minimum absolute atomic E-state index is 0.516. The van der Waals surface area contributed by atoms with Crippen LogP contribution < -0.4 is 5.32 Å². The quantitative estimate of drug-likeness (QED) is 0.854. The van der Waals surface area contributed by atoms with Gasteiger partial charge in [-0.3, -0.25) is 0 Å². The van der Waals surface area contributed by atoms with Gasteiger partial charge in [0.1, 0.15) is 0 Å². The molecule has 4 nitrogen and oxygen atoms in total. The van der Waals surface area contributed by atoms with E-state index in [-0.39, 0.29) is 0 Å². The van der Waals surface area contributed by atoms with Gasteiger partial charge in [-0.2, -0.15) is 4.98 Å². The second-order valence-electron chi connectivity index (χ2n) is 4.38. The van der Waals surface area contributed by atoms with Crippen LogP contribution in [0.15, 0.2) is 28.4 Å². The average Bonchev–Trinajstić information content (AvgIpc) is 2.84. The first kappa shape index (κ1) is 10.9. The molecule has 1 aliphatic carbocycles. The number of hydrogen-bond acceptors (Lipinski definition) is 5. The van der Waals surface area contributed by atoms with Crippen LogP contribution in [0, 0.1) is 5.92 Å². The van der Waals surface area contributed by atoms with Crippen molar-refractivity contribution in [3.8, 4) is 0 Å². The Morgan fingerprint density at radius 2 is 2.47 bits per heavy atom. The molecule has 1 saturated carbocycles. The summed E-state index contributed by atoms with van der Waals surface area (Å²) in [5.41, 5.74) is 0. The largest absolute Gasteiger partial charge is 0.343 e. The molecule has 1 atom stereocenters. The fourth-order valence-electron chi connectivity index (χ4n) is 2.04. The van der Waals surface area contributed by atoms with Gasteiger partial charge in [-0.15, -0.1) is 11.3 Å². The van der Waals surface area contributed by atoms with E-state index in [1.54, 1.807) is 0 Å². The van der Waals surface area contributed by atoms with Crippen LogP contribution in [-0.4, -0.2) is 16.7 Å². The van der Waals surface area contributed by atoms with Crippen molar-refractivity contribution in [2.45, 2.75) is 25.3 Å². The first-order chi connectivity index (χ1) is 8.43. The summed E-state index contributed by atoms with van der Waals surface area (Å²) in [6.07, 6.45) is 4.90. The predicted molar refractivity (Wildman–Crippen MR) is 65.8 cm³/mol. The van der Waals surface area contributed by atoms with Crippen molar-refractivity contribution >= 4 is 11.3 Å². The summed E-state index contributed by atoms with van der Waals surface area (Å²) < 4.78 is 4.72. The number of aromatic nitrogens is 2. The summed E-state index contributed by atoms with van der Waals surface area (Å²) in [5, 5.41) is 9.57. The number of rotatable bonds is 6. The molecule has 1 N–H and O–H groups in total. The van der Waals surface area contributed by atoms with Gasteiger partial charge in [0.2, 0.25) is 6.39 Å². The molecule has 0 aliphatic heterocycles. The maximum Gasteiger partial charge on any atom is 0.213 e. The van der Waals surface area contributed by atoms with Crippen LogP contribution in [0.4, 0.5) is 0 Å². The van der Waals surface area contributed by atoms with Crippen LogP contribution in [-0.2, 0) is 6.42 Å². The fraction of sp³-hybridized carbons (Fsp3) is 0.500. The van der Waals surface area contributed by atoms with Crippen LogP contribution in [0.2, 0.25) is 0 Å². The maximum atomic E-state index is 4.72. The molecule has 5 heteroatoms. The lowest BCUT2D eigenvalue weighted by Crippen LogP contribution is -2.24. The van der Waals surface area contributed by atoms with Crippen molar-refractivity contribution in [3.05, 3.63) is 34.6 Å². The molecular weight excluding hydrogens is 234 g/mol. The Bertz CT molecular complexity index is 436. The zero-order valence-electron chi connectivity index (χ0n) is 9.50. The summed E-state index contributed by atoms with van der Waals surface area (Å²) >= 11 is 1.84. The Morgan fingerprint density at radius 1 is 1.53 bits per heavy atom. The monoisotopic (exact) mass is 249 g/mol. The standard InChI is InChI=1S/C12H15N3OS/c1-2-10(17-7-1)12(9-3-4-9)13-6-5-11-14-8-16-15-11/h1-2,7-9,12-13H,3-6H2. The van der Waals surface area contributed by atoms with Gasteiger partial charge in [-0.25, -0.2) is 0 Å². The van der Waals surface area contributed by atoms with Crippen molar-refractivity contribution in [1.82, 2.24) is 15.5 Å². The Morgan fingerprint density at radius 3 is 3.12 bits per heavy atom. The van der Waals surface area contributed by atoms with Crippen molar-refractivity contribution in [2.75, 3.05) is 6.54 Å². The smallest absolute Gasteiger partial charge is 0.213 e. The molecule has 17 heavy (non-hydrogen) atoms. The minimum atomic E-state index is 0.516. The third-order valence-electron chi connectivity index (χ3n) is 3.06. The van der Waals surface area contributed by atoms with Gasteiger partial charge >= 0.3 is 0 Å². The van der Waals surface area contributed by atoms with E-state index in [0.29, 0.717) is 6.04 Å². The van der Waals surface area contributed by atoms with Gasteiger partial charge < -0.3 is 9.84 Å². The highest BCUT2D eigenvalue weighted by atomic mass is 32.1. The molecule has 1 aliphatic rings. The van der Waals surface area contributed by atoms with E-state index in [4.69, 9.17) is 4.52 Å². The second-order valence-corrected chi connectivity index (χ2v) is 5.36. The fourth-order valence-corrected chi connectivity index (χ4v) is 2.93. The lowest BCUT2D eigenvalue weighted by Gasteiger charge is -2.16. The molecule has 2 aromatic heterocycles. The third kappa shape index (κ3) is 2.73. The molecule has 2 aromatic rings. The van der Waals surface area contributed by atoms with E-state index in [9.17, 15) is 0 Å². The van der Waals surface area contributed by atoms with E-state index in [0.717, 1.165) is 24.7 Å². The van der Waals surface area contributed by atoms with Gasteiger partial charge in [0.25, 0.3) is 0 Å². The Balaban J connectivity index is 1.55. The lowest BCUT2D eigenvalue weighted by molar-refractivity contribution is 0.407. The number of nitrogens with one attached hydrogen (secondary N) is 1. The molecule has 90 valence electrons. The minimum Gasteiger partial charge on any atom is -0.343 e. The highest BCUT2D eigenvalue weighted by molar-refractivity contribution is 7.10. The van der Waals surface area contributed by atoms with Crippen LogP contribution in [0.5, 0.6) is 0 Å². The van der Waals surface area contributed by atoms with Crippen molar-refractivity contribution in [2.24, 2.45) is 5.92 Å². The van der Waals surface area contributed by atoms with E-state index >= 15 is 0 Å². The molecule has 0 spiro atoms. The number of hydrogen-bond donors (Lipinski definition) is 1. The van der Waals surface area contributed by atoms with E-state index in [1.807, 2.05) is 11.3 Å². The van der Waals surface area contributed by atoms with Crippen LogP contribution >= 0.6 is 11.3 Å². The van der Waals surface area contributed by atoms with Crippen molar-refractivity contribution < 1.29 is 4.52 Å². The number of thiophene rings is 1. The molecule has 1 unspecified atom stereocenters. The molecule has 1 fully saturated rings. The van der Waals surface area contributed by atoms with Gasteiger partial charge in [-0.1, -0.05) is 11.2 Å².